The molecule has 0 unspecified atom stereocenters. The molecule has 7 heteroatoms. The molecule has 0 atom stereocenters. The van der Waals surface area contributed by atoms with E-state index in [-0.39, 0.29) is 11.5 Å². The van der Waals surface area contributed by atoms with Crippen LogP contribution < -0.4 is 10.5 Å². The zero-order valence-corrected chi connectivity index (χ0v) is 15.6. The van der Waals surface area contributed by atoms with Gasteiger partial charge in [0.05, 0.1) is 16.5 Å². The molecule has 0 bridgehead atoms. The zero-order chi connectivity index (χ0) is 17.1. The van der Waals surface area contributed by atoms with E-state index in [0.717, 1.165) is 48.6 Å². The summed E-state index contributed by atoms with van der Waals surface area (Å²) < 4.78 is 2.63. The van der Waals surface area contributed by atoms with Crippen LogP contribution in [0.1, 0.15) is 38.3 Å². The van der Waals surface area contributed by atoms with E-state index < -0.39 is 0 Å². The van der Waals surface area contributed by atoms with Crippen molar-refractivity contribution in [2.75, 3.05) is 18.0 Å². The van der Waals surface area contributed by atoms with Crippen LogP contribution in [0.5, 0.6) is 0 Å². The van der Waals surface area contributed by atoms with E-state index in [9.17, 15) is 4.79 Å². The third-order valence-corrected chi connectivity index (χ3v) is 4.86. The maximum absolute atomic E-state index is 12.2. The Morgan fingerprint density at radius 2 is 1.88 bits per heavy atom. The Labute approximate surface area is 150 Å². The topological polar surface area (TPSA) is 63.9 Å². The minimum absolute atomic E-state index is 0.0485. The molecule has 0 saturated carbocycles. The number of rotatable bonds is 4. The molecule has 0 aromatic carbocycles. The number of piperidine rings is 1. The molecule has 6 nitrogen and oxygen atoms in total. The average Bonchev–Trinajstić information content (AvgIpc) is 2.58. The van der Waals surface area contributed by atoms with Crippen molar-refractivity contribution in [2.45, 2.75) is 39.2 Å². The molecule has 2 aromatic heterocycles. The second-order valence-corrected chi connectivity index (χ2v) is 7.51. The highest BCUT2D eigenvalue weighted by molar-refractivity contribution is 9.10. The van der Waals surface area contributed by atoms with Crippen molar-refractivity contribution in [3.05, 3.63) is 45.3 Å². The van der Waals surface area contributed by atoms with E-state index in [1.807, 2.05) is 13.8 Å². The second kappa shape index (κ2) is 7.42. The quantitative estimate of drug-likeness (QED) is 0.801. The number of hydrogen-bond donors (Lipinski definition) is 0. The van der Waals surface area contributed by atoms with Crippen molar-refractivity contribution < 1.29 is 0 Å². The minimum Gasteiger partial charge on any atom is -0.341 e. The van der Waals surface area contributed by atoms with Gasteiger partial charge in [-0.25, -0.2) is 15.0 Å². The van der Waals surface area contributed by atoms with Crippen LogP contribution in [-0.2, 0) is 6.54 Å². The second-order valence-electron chi connectivity index (χ2n) is 6.59. The molecular formula is C17H22BrN5O. The van der Waals surface area contributed by atoms with Gasteiger partial charge in [-0.1, -0.05) is 13.8 Å². The summed E-state index contributed by atoms with van der Waals surface area (Å²) in [5.74, 6) is 1.54. The Kier molecular flexibility index (Phi) is 5.28. The third kappa shape index (κ3) is 4.01. The van der Waals surface area contributed by atoms with Crippen LogP contribution in [0.25, 0.3) is 0 Å². The van der Waals surface area contributed by atoms with Gasteiger partial charge in [0.2, 0.25) is 5.95 Å². The highest BCUT2D eigenvalue weighted by Crippen LogP contribution is 2.22. The summed E-state index contributed by atoms with van der Waals surface area (Å²) in [6.07, 6.45) is 7.29. The fraction of sp³-hybridized carbons (Fsp3) is 0.529. The van der Waals surface area contributed by atoms with Gasteiger partial charge in [0.25, 0.3) is 5.56 Å². The Hall–Kier alpha value is -1.76. The monoisotopic (exact) mass is 391 g/mol. The summed E-state index contributed by atoms with van der Waals surface area (Å²) in [6, 6.07) is 1.66. The van der Waals surface area contributed by atoms with Gasteiger partial charge in [0, 0.05) is 38.1 Å². The maximum atomic E-state index is 12.2. The highest BCUT2D eigenvalue weighted by Gasteiger charge is 2.21. The standard InChI is InChI=1S/C17H22BrN5O/c1-12(2)15-7-16(24)23(11-21-15)10-13-3-5-22(6-4-13)17-19-8-14(18)9-20-17/h7-9,11-13H,3-6,10H2,1-2H3. The number of anilines is 1. The molecule has 3 rings (SSSR count). The van der Waals surface area contributed by atoms with E-state index >= 15 is 0 Å². The minimum atomic E-state index is 0.0485. The highest BCUT2D eigenvalue weighted by atomic mass is 79.9. The largest absolute Gasteiger partial charge is 0.341 e. The first-order valence-corrected chi connectivity index (χ1v) is 9.11. The van der Waals surface area contributed by atoms with E-state index in [4.69, 9.17) is 0 Å². The molecule has 3 heterocycles. The lowest BCUT2D eigenvalue weighted by atomic mass is 9.97. The van der Waals surface area contributed by atoms with E-state index in [0.29, 0.717) is 5.92 Å². The van der Waals surface area contributed by atoms with Gasteiger partial charge in [-0.2, -0.15) is 0 Å². The van der Waals surface area contributed by atoms with Crippen molar-refractivity contribution in [3.63, 3.8) is 0 Å². The number of hydrogen-bond acceptors (Lipinski definition) is 5. The molecule has 0 aliphatic carbocycles. The fourth-order valence-corrected chi connectivity index (χ4v) is 3.16. The molecule has 0 radical (unpaired) electrons. The molecular weight excluding hydrogens is 370 g/mol. The number of halogens is 1. The van der Waals surface area contributed by atoms with Gasteiger partial charge in [0.1, 0.15) is 0 Å². The lowest BCUT2D eigenvalue weighted by Gasteiger charge is -2.32. The van der Waals surface area contributed by atoms with Crippen LogP contribution in [0.15, 0.2) is 34.1 Å². The van der Waals surface area contributed by atoms with Crippen LogP contribution >= 0.6 is 15.9 Å². The summed E-state index contributed by atoms with van der Waals surface area (Å²) in [7, 11) is 0. The van der Waals surface area contributed by atoms with Gasteiger partial charge in [-0.3, -0.25) is 9.36 Å². The first kappa shape index (κ1) is 17.1. The third-order valence-electron chi connectivity index (χ3n) is 4.45. The molecule has 0 amide bonds. The summed E-state index contributed by atoms with van der Waals surface area (Å²) in [5, 5.41) is 0. The summed E-state index contributed by atoms with van der Waals surface area (Å²) in [5.41, 5.74) is 0.908. The smallest absolute Gasteiger partial charge is 0.253 e. The molecule has 1 aliphatic heterocycles. The van der Waals surface area contributed by atoms with Crippen molar-refractivity contribution in [1.29, 1.82) is 0 Å². The van der Waals surface area contributed by atoms with Crippen LogP contribution in [-0.4, -0.2) is 32.6 Å². The Morgan fingerprint density at radius 3 is 2.46 bits per heavy atom. The van der Waals surface area contributed by atoms with Crippen LogP contribution in [0.3, 0.4) is 0 Å². The SMILES string of the molecule is CC(C)c1cc(=O)n(CC2CCN(c3ncc(Br)cn3)CC2)cn1. The molecule has 0 spiro atoms. The number of nitrogens with zero attached hydrogens (tertiary/aromatic N) is 5. The van der Waals surface area contributed by atoms with E-state index in [1.165, 1.54) is 0 Å². The molecule has 2 aromatic rings. The van der Waals surface area contributed by atoms with Crippen LogP contribution in [0.2, 0.25) is 0 Å². The Balaban J connectivity index is 1.59. The Morgan fingerprint density at radius 1 is 1.21 bits per heavy atom. The van der Waals surface area contributed by atoms with Gasteiger partial charge in [0.15, 0.2) is 0 Å². The van der Waals surface area contributed by atoms with E-state index in [1.54, 1.807) is 29.4 Å². The van der Waals surface area contributed by atoms with Crippen molar-refractivity contribution in [3.8, 4) is 0 Å². The molecule has 1 fully saturated rings. The molecule has 24 heavy (non-hydrogen) atoms. The molecule has 1 saturated heterocycles. The van der Waals surface area contributed by atoms with Gasteiger partial charge in [-0.05, 0) is 40.6 Å². The molecule has 1 aliphatic rings. The lowest BCUT2D eigenvalue weighted by Crippen LogP contribution is -2.37. The summed E-state index contributed by atoms with van der Waals surface area (Å²) >= 11 is 3.35. The zero-order valence-electron chi connectivity index (χ0n) is 14.0. The van der Waals surface area contributed by atoms with Crippen molar-refractivity contribution in [2.24, 2.45) is 5.92 Å². The van der Waals surface area contributed by atoms with Crippen LogP contribution in [0, 0.1) is 5.92 Å². The number of aromatic nitrogens is 4. The fourth-order valence-electron chi connectivity index (χ4n) is 2.96. The van der Waals surface area contributed by atoms with Gasteiger partial charge >= 0.3 is 0 Å². The van der Waals surface area contributed by atoms with Gasteiger partial charge in [-0.15, -0.1) is 0 Å². The summed E-state index contributed by atoms with van der Waals surface area (Å²) in [6.45, 7) is 6.66. The lowest BCUT2D eigenvalue weighted by molar-refractivity contribution is 0.348. The Bertz CT molecular complexity index is 735. The normalized spacial score (nSPS) is 15.9. The van der Waals surface area contributed by atoms with Crippen molar-refractivity contribution in [1.82, 2.24) is 19.5 Å². The molecule has 0 N–H and O–H groups in total. The van der Waals surface area contributed by atoms with Crippen LogP contribution in [0.4, 0.5) is 5.95 Å². The van der Waals surface area contributed by atoms with Crippen molar-refractivity contribution >= 4 is 21.9 Å². The summed E-state index contributed by atoms with van der Waals surface area (Å²) in [4.78, 5) is 27.5. The molecule has 128 valence electrons. The predicted octanol–water partition coefficient (Wildman–Crippen LogP) is 2.84. The first-order valence-electron chi connectivity index (χ1n) is 8.32. The van der Waals surface area contributed by atoms with Gasteiger partial charge < -0.3 is 4.90 Å². The maximum Gasteiger partial charge on any atom is 0.253 e. The predicted molar refractivity (Wildman–Crippen MR) is 97.3 cm³/mol. The average molecular weight is 392 g/mol. The first-order chi connectivity index (χ1) is 11.5. The van der Waals surface area contributed by atoms with E-state index in [2.05, 4.69) is 35.8 Å².